The lowest BCUT2D eigenvalue weighted by molar-refractivity contribution is -0.113. The van der Waals surface area contributed by atoms with Gasteiger partial charge in [0.05, 0.1) is 30.9 Å². The summed E-state index contributed by atoms with van der Waals surface area (Å²) in [6.45, 7) is 2.20. The number of nitrogens with zero attached hydrogens (tertiary/aromatic N) is 3. The third-order valence-corrected chi connectivity index (χ3v) is 7.63. The maximum absolute atomic E-state index is 14.6. The number of ether oxygens (including phenoxy) is 1. The molecule has 0 bridgehead atoms. The van der Waals surface area contributed by atoms with E-state index in [-0.39, 0.29) is 42.3 Å². The van der Waals surface area contributed by atoms with Gasteiger partial charge in [0.15, 0.2) is 5.82 Å². The minimum absolute atomic E-state index is 0. The zero-order valence-electron chi connectivity index (χ0n) is 20.6. The molecule has 0 radical (unpaired) electrons. The summed E-state index contributed by atoms with van der Waals surface area (Å²) in [6, 6.07) is 4.65. The minimum Gasteiger partial charge on any atom is -0.497 e. The van der Waals surface area contributed by atoms with Crippen molar-refractivity contribution in [1.82, 2.24) is 20.2 Å². The molecule has 38 heavy (non-hydrogen) atoms. The Morgan fingerprint density at radius 3 is 2.79 bits per heavy atom. The molecule has 1 aromatic carbocycles. The summed E-state index contributed by atoms with van der Waals surface area (Å²) in [5.41, 5.74) is 2.15. The Hall–Kier alpha value is -2.28. The number of hydrogen-bond acceptors (Lipinski definition) is 8. The molecule has 0 spiro atoms. The van der Waals surface area contributed by atoms with Crippen LogP contribution >= 0.6 is 36.6 Å². The highest BCUT2D eigenvalue weighted by atomic mass is 35.5. The van der Waals surface area contributed by atoms with Crippen LogP contribution in [0.2, 0.25) is 0 Å². The maximum atomic E-state index is 14.6. The Morgan fingerprint density at radius 2 is 2.03 bits per heavy atom. The van der Waals surface area contributed by atoms with Crippen molar-refractivity contribution < 1.29 is 23.4 Å². The molecule has 2 aliphatic rings. The molecule has 3 aromatic rings. The Morgan fingerprint density at radius 1 is 1.21 bits per heavy atom. The van der Waals surface area contributed by atoms with E-state index in [1.54, 1.807) is 12.3 Å². The van der Waals surface area contributed by atoms with Crippen LogP contribution in [0.3, 0.4) is 0 Å². The van der Waals surface area contributed by atoms with Crippen molar-refractivity contribution in [1.29, 1.82) is 0 Å². The SMILES string of the molecule is COc1cc(F)c2ncc(F)c(CCN3CC[C@H](NCc4cnc5c(c4)NC(=O)CS5)[C@@H](O)C3)c2c1.Cl.Cl. The lowest BCUT2D eigenvalue weighted by Crippen LogP contribution is -2.52. The van der Waals surface area contributed by atoms with E-state index in [0.29, 0.717) is 54.9 Å². The number of piperidine rings is 1. The number of nitrogens with one attached hydrogen (secondary N) is 2. The van der Waals surface area contributed by atoms with Crippen molar-refractivity contribution in [3.63, 3.8) is 0 Å². The number of carbonyl (C=O) groups excluding carboxylic acids is 1. The zero-order valence-corrected chi connectivity index (χ0v) is 23.0. The van der Waals surface area contributed by atoms with Crippen LogP contribution in [-0.2, 0) is 17.8 Å². The number of anilines is 1. The third kappa shape index (κ3) is 6.64. The van der Waals surface area contributed by atoms with Gasteiger partial charge >= 0.3 is 0 Å². The number of hydrogen-bond donors (Lipinski definition) is 3. The quantitative estimate of drug-likeness (QED) is 0.386. The van der Waals surface area contributed by atoms with Crippen molar-refractivity contribution in [2.75, 3.05) is 37.8 Å². The van der Waals surface area contributed by atoms with Crippen molar-refractivity contribution in [2.24, 2.45) is 0 Å². The number of benzene rings is 1. The number of fused-ring (bicyclic) bond motifs is 2. The molecule has 5 rings (SSSR count). The van der Waals surface area contributed by atoms with Crippen LogP contribution in [0.25, 0.3) is 10.9 Å². The van der Waals surface area contributed by atoms with E-state index in [1.807, 2.05) is 6.07 Å². The van der Waals surface area contributed by atoms with E-state index in [1.165, 1.54) is 24.9 Å². The smallest absolute Gasteiger partial charge is 0.234 e. The highest BCUT2D eigenvalue weighted by Gasteiger charge is 2.28. The van der Waals surface area contributed by atoms with Gasteiger partial charge in [-0.25, -0.2) is 13.8 Å². The highest BCUT2D eigenvalue weighted by Crippen LogP contribution is 2.30. The normalized spacial score (nSPS) is 19.2. The lowest BCUT2D eigenvalue weighted by Gasteiger charge is -2.36. The topological polar surface area (TPSA) is 99.6 Å². The molecule has 13 heteroatoms. The number of amides is 1. The van der Waals surface area contributed by atoms with Gasteiger partial charge < -0.3 is 25.4 Å². The summed E-state index contributed by atoms with van der Waals surface area (Å²) in [5.74, 6) is -0.390. The van der Waals surface area contributed by atoms with Gasteiger partial charge in [0, 0.05) is 48.9 Å². The Kier molecular flexibility index (Phi) is 10.5. The van der Waals surface area contributed by atoms with E-state index >= 15 is 0 Å². The predicted molar refractivity (Wildman–Crippen MR) is 148 cm³/mol. The number of aliphatic hydroxyl groups is 1. The van der Waals surface area contributed by atoms with Gasteiger partial charge in [0.25, 0.3) is 0 Å². The average Bonchev–Trinajstić information content (AvgIpc) is 2.87. The zero-order chi connectivity index (χ0) is 25.2. The van der Waals surface area contributed by atoms with Crippen LogP contribution in [0.4, 0.5) is 14.5 Å². The van der Waals surface area contributed by atoms with E-state index in [4.69, 9.17) is 4.74 Å². The van der Waals surface area contributed by atoms with Gasteiger partial charge in [0.2, 0.25) is 5.91 Å². The van der Waals surface area contributed by atoms with Gasteiger partial charge in [-0.05, 0) is 37.1 Å². The van der Waals surface area contributed by atoms with Gasteiger partial charge in [-0.15, -0.1) is 24.8 Å². The van der Waals surface area contributed by atoms with E-state index in [2.05, 4.69) is 25.5 Å². The van der Waals surface area contributed by atoms with Crippen molar-refractivity contribution in [2.45, 2.75) is 36.6 Å². The second-order valence-electron chi connectivity index (χ2n) is 9.02. The van der Waals surface area contributed by atoms with Crippen molar-refractivity contribution >= 4 is 59.1 Å². The molecule has 206 valence electrons. The van der Waals surface area contributed by atoms with E-state index in [9.17, 15) is 18.7 Å². The van der Waals surface area contributed by atoms with E-state index < -0.39 is 17.7 Å². The molecule has 0 saturated carbocycles. The number of methoxy groups -OCH3 is 1. The summed E-state index contributed by atoms with van der Waals surface area (Å²) in [7, 11) is 1.44. The average molecular weight is 589 g/mol. The fraction of sp³-hybridized carbons (Fsp3) is 0.400. The van der Waals surface area contributed by atoms with Crippen LogP contribution in [0.15, 0.2) is 35.6 Å². The first-order valence-corrected chi connectivity index (χ1v) is 12.8. The first kappa shape index (κ1) is 30.3. The van der Waals surface area contributed by atoms with Crippen molar-refractivity contribution in [3.05, 3.63) is 53.4 Å². The number of pyridine rings is 2. The molecule has 8 nitrogen and oxygen atoms in total. The highest BCUT2D eigenvalue weighted by molar-refractivity contribution is 8.00. The molecule has 3 N–H and O–H groups in total. The summed E-state index contributed by atoms with van der Waals surface area (Å²) < 4.78 is 34.2. The molecule has 1 fully saturated rings. The fourth-order valence-electron chi connectivity index (χ4n) is 4.71. The second-order valence-corrected chi connectivity index (χ2v) is 9.98. The van der Waals surface area contributed by atoms with E-state index in [0.717, 1.165) is 29.0 Å². The number of thioether (sulfide) groups is 1. The van der Waals surface area contributed by atoms with Crippen LogP contribution < -0.4 is 15.4 Å². The monoisotopic (exact) mass is 587 g/mol. The first-order valence-electron chi connectivity index (χ1n) is 11.8. The second kappa shape index (κ2) is 13.2. The largest absolute Gasteiger partial charge is 0.497 e. The number of carbonyl (C=O) groups is 1. The summed E-state index contributed by atoms with van der Waals surface area (Å²) in [4.78, 5) is 22.0. The number of aromatic nitrogens is 2. The van der Waals surface area contributed by atoms with Gasteiger partial charge in [-0.2, -0.15) is 0 Å². The number of aliphatic hydroxyl groups excluding tert-OH is 1. The first-order chi connectivity index (χ1) is 17.4. The van der Waals surface area contributed by atoms with Gasteiger partial charge in [0.1, 0.15) is 22.1 Å². The van der Waals surface area contributed by atoms with Crippen molar-refractivity contribution in [3.8, 4) is 5.75 Å². The van der Waals surface area contributed by atoms with Crippen LogP contribution in [0.5, 0.6) is 5.75 Å². The third-order valence-electron chi connectivity index (χ3n) is 6.63. The fourth-order valence-corrected chi connectivity index (χ4v) is 5.44. The molecule has 2 aliphatic heterocycles. The number of β-amino-alcohol motifs (C(OH)–C–C–N with tert-alkyl or cyclic N) is 1. The molecule has 2 atom stereocenters. The molecular weight excluding hydrogens is 559 g/mol. The lowest BCUT2D eigenvalue weighted by atomic mass is 10.00. The molecule has 2 aromatic heterocycles. The van der Waals surface area contributed by atoms with Crippen LogP contribution in [0.1, 0.15) is 17.5 Å². The Bertz CT molecular complexity index is 1310. The molecule has 1 amide bonds. The standard InChI is InChI=1S/C25H27F2N5O3S.2ClH/c1-35-15-7-17-16(19(27)11-29-24(17)18(26)8-15)2-4-32-5-3-20(22(33)12-32)28-9-14-6-21-25(30-10-14)36-13-23(34)31-21;;/h6-8,10-11,20,22,28,33H,2-5,9,12-13H2,1H3,(H,31,34);2*1H/t20-,22-;;/m0../s1. The number of likely N-dealkylation sites (tertiary alicyclic amines) is 1. The summed E-state index contributed by atoms with van der Waals surface area (Å²) >= 11 is 1.42. The summed E-state index contributed by atoms with van der Waals surface area (Å²) in [6.07, 6.45) is 3.30. The van der Waals surface area contributed by atoms with Gasteiger partial charge in [-0.3, -0.25) is 9.78 Å². The summed E-state index contributed by atoms with van der Waals surface area (Å²) in [5, 5.41) is 18.2. The molecule has 1 saturated heterocycles. The minimum atomic E-state index is -0.601. The number of halogens is 4. The van der Waals surface area contributed by atoms with Crippen LogP contribution in [0, 0.1) is 11.6 Å². The molecule has 4 heterocycles. The van der Waals surface area contributed by atoms with Gasteiger partial charge in [-0.1, -0.05) is 11.8 Å². The van der Waals surface area contributed by atoms with Crippen LogP contribution in [-0.4, -0.2) is 70.5 Å². The molecule has 0 unspecified atom stereocenters. The Labute approximate surface area is 235 Å². The molecular formula is C25H29Cl2F2N5O3S. The molecule has 0 aliphatic carbocycles. The number of rotatable bonds is 7. The predicted octanol–water partition coefficient (Wildman–Crippen LogP) is 3.57. The Balaban J connectivity index is 0.00000200. The maximum Gasteiger partial charge on any atom is 0.234 e.